The Morgan fingerprint density at radius 1 is 1.47 bits per heavy atom. The number of aryl methyl sites for hydroxylation is 2. The zero-order chi connectivity index (χ0) is 14.2. The number of likely N-dealkylation sites (N-methyl/N-ethyl adjacent to an activating group) is 1. The minimum atomic E-state index is 0.175. The van der Waals surface area contributed by atoms with Crippen molar-refractivity contribution in [1.29, 1.82) is 0 Å². The molecule has 2 heterocycles. The van der Waals surface area contributed by atoms with Gasteiger partial charge in [-0.25, -0.2) is 0 Å². The number of hydrogen-bond acceptors (Lipinski definition) is 4. The van der Waals surface area contributed by atoms with Crippen molar-refractivity contribution in [2.45, 2.75) is 38.8 Å². The largest absolute Gasteiger partial charge is 0.355 e. The zero-order valence-corrected chi connectivity index (χ0v) is 12.8. The third kappa shape index (κ3) is 2.92. The van der Waals surface area contributed by atoms with E-state index in [4.69, 9.17) is 5.73 Å². The zero-order valence-electron chi connectivity index (χ0n) is 12.8. The van der Waals surface area contributed by atoms with Crippen LogP contribution in [0.4, 0.5) is 5.82 Å². The maximum absolute atomic E-state index is 5.98. The van der Waals surface area contributed by atoms with E-state index < -0.39 is 0 Å². The van der Waals surface area contributed by atoms with Gasteiger partial charge in [-0.05, 0) is 40.8 Å². The lowest BCUT2D eigenvalue weighted by Crippen LogP contribution is -2.32. The lowest BCUT2D eigenvalue weighted by molar-refractivity contribution is 0.315. The quantitative estimate of drug-likeness (QED) is 0.873. The van der Waals surface area contributed by atoms with Gasteiger partial charge in [0.2, 0.25) is 0 Å². The molecule has 0 spiro atoms. The van der Waals surface area contributed by atoms with Crippen LogP contribution in [0.5, 0.6) is 0 Å². The highest BCUT2D eigenvalue weighted by atomic mass is 15.4. The lowest BCUT2D eigenvalue weighted by Gasteiger charge is -2.23. The van der Waals surface area contributed by atoms with Gasteiger partial charge in [0.25, 0.3) is 0 Å². The molecular formula is C14H27N5. The highest BCUT2D eigenvalue weighted by molar-refractivity contribution is 5.51. The Labute approximate surface area is 116 Å². The first-order chi connectivity index (χ1) is 8.90. The molecule has 0 amide bonds. The number of rotatable bonds is 4. The number of nitrogens with zero attached hydrogens (tertiary/aromatic N) is 4. The molecule has 1 saturated heterocycles. The van der Waals surface area contributed by atoms with E-state index >= 15 is 0 Å². The predicted molar refractivity (Wildman–Crippen MR) is 79.6 cm³/mol. The Balaban J connectivity index is 2.25. The summed E-state index contributed by atoms with van der Waals surface area (Å²) in [5, 5.41) is 4.58. The maximum Gasteiger partial charge on any atom is 0.130 e. The standard InChI is InChI=1S/C14H27N5/c1-10(15)8-13-11(2)16-18(5)14(13)19-7-6-12(9-19)17(3)4/h10,12H,6-9,15H2,1-5H3. The van der Waals surface area contributed by atoms with Crippen molar-refractivity contribution in [3.05, 3.63) is 11.3 Å². The van der Waals surface area contributed by atoms with Gasteiger partial charge >= 0.3 is 0 Å². The van der Waals surface area contributed by atoms with E-state index in [2.05, 4.69) is 42.8 Å². The SMILES string of the molecule is Cc1nn(C)c(N2CCC(N(C)C)C2)c1CC(C)N. The van der Waals surface area contributed by atoms with E-state index in [-0.39, 0.29) is 6.04 Å². The summed E-state index contributed by atoms with van der Waals surface area (Å²) >= 11 is 0. The van der Waals surface area contributed by atoms with E-state index in [1.54, 1.807) is 0 Å². The Bertz CT molecular complexity index is 435. The average Bonchev–Trinajstić information content (AvgIpc) is 2.85. The minimum Gasteiger partial charge on any atom is -0.355 e. The van der Waals surface area contributed by atoms with Crippen LogP contribution in [0, 0.1) is 6.92 Å². The van der Waals surface area contributed by atoms with Crippen LogP contribution in [0.1, 0.15) is 24.6 Å². The van der Waals surface area contributed by atoms with Gasteiger partial charge in [-0.3, -0.25) is 4.68 Å². The van der Waals surface area contributed by atoms with E-state index in [9.17, 15) is 0 Å². The molecule has 0 saturated carbocycles. The summed E-state index contributed by atoms with van der Waals surface area (Å²) in [6.45, 7) is 6.33. The third-order valence-corrected chi connectivity index (χ3v) is 4.03. The first-order valence-corrected chi connectivity index (χ1v) is 7.09. The van der Waals surface area contributed by atoms with Crippen LogP contribution in [-0.2, 0) is 13.5 Å². The molecule has 1 fully saturated rings. The fourth-order valence-electron chi connectivity index (χ4n) is 3.00. The van der Waals surface area contributed by atoms with Crippen molar-refractivity contribution < 1.29 is 0 Å². The van der Waals surface area contributed by atoms with E-state index in [1.165, 1.54) is 17.8 Å². The average molecular weight is 265 g/mol. The van der Waals surface area contributed by atoms with Crippen LogP contribution in [0.2, 0.25) is 0 Å². The van der Waals surface area contributed by atoms with Crippen LogP contribution >= 0.6 is 0 Å². The Kier molecular flexibility index (Phi) is 4.16. The third-order valence-electron chi connectivity index (χ3n) is 4.03. The molecule has 0 bridgehead atoms. The van der Waals surface area contributed by atoms with Crippen molar-refractivity contribution in [3.63, 3.8) is 0 Å². The fourth-order valence-corrected chi connectivity index (χ4v) is 3.00. The predicted octanol–water partition coefficient (Wildman–Crippen LogP) is 0.759. The molecule has 0 aliphatic carbocycles. The molecule has 108 valence electrons. The van der Waals surface area contributed by atoms with Crippen molar-refractivity contribution in [2.75, 3.05) is 32.1 Å². The van der Waals surface area contributed by atoms with Gasteiger partial charge in [0.15, 0.2) is 0 Å². The summed E-state index contributed by atoms with van der Waals surface area (Å²) < 4.78 is 2.02. The topological polar surface area (TPSA) is 50.3 Å². The number of anilines is 1. The monoisotopic (exact) mass is 265 g/mol. The van der Waals surface area contributed by atoms with Crippen molar-refractivity contribution in [3.8, 4) is 0 Å². The second-order valence-corrected chi connectivity index (χ2v) is 6.04. The summed E-state index contributed by atoms with van der Waals surface area (Å²) in [6.07, 6.45) is 2.12. The molecule has 1 aliphatic heterocycles. The highest BCUT2D eigenvalue weighted by Gasteiger charge is 2.28. The second-order valence-electron chi connectivity index (χ2n) is 6.04. The van der Waals surface area contributed by atoms with E-state index in [0.717, 1.165) is 25.2 Å². The molecule has 1 aromatic heterocycles. The number of hydrogen-bond donors (Lipinski definition) is 1. The van der Waals surface area contributed by atoms with Gasteiger partial charge < -0.3 is 15.5 Å². The first-order valence-electron chi connectivity index (χ1n) is 7.09. The Morgan fingerprint density at radius 3 is 2.68 bits per heavy atom. The summed E-state index contributed by atoms with van der Waals surface area (Å²) in [5.41, 5.74) is 8.41. The Hall–Kier alpha value is -1.07. The summed E-state index contributed by atoms with van der Waals surface area (Å²) in [5.74, 6) is 1.26. The molecule has 2 atom stereocenters. The molecule has 1 aromatic rings. The van der Waals surface area contributed by atoms with E-state index in [1.807, 2.05) is 11.7 Å². The van der Waals surface area contributed by atoms with Crippen LogP contribution in [0.3, 0.4) is 0 Å². The van der Waals surface area contributed by atoms with Crippen molar-refractivity contribution in [2.24, 2.45) is 12.8 Å². The molecule has 0 radical (unpaired) electrons. The molecule has 0 aromatic carbocycles. The molecule has 19 heavy (non-hydrogen) atoms. The van der Waals surface area contributed by atoms with Gasteiger partial charge in [0.05, 0.1) is 5.69 Å². The molecule has 2 rings (SSSR count). The second kappa shape index (κ2) is 5.51. The van der Waals surface area contributed by atoms with Crippen molar-refractivity contribution >= 4 is 5.82 Å². The minimum absolute atomic E-state index is 0.175. The molecule has 2 unspecified atom stereocenters. The van der Waals surface area contributed by atoms with Gasteiger partial charge in [0.1, 0.15) is 5.82 Å². The first kappa shape index (κ1) is 14.3. The molecule has 5 heteroatoms. The van der Waals surface area contributed by atoms with Gasteiger partial charge in [0, 0.05) is 37.8 Å². The highest BCUT2D eigenvalue weighted by Crippen LogP contribution is 2.28. The van der Waals surface area contributed by atoms with Gasteiger partial charge in [-0.1, -0.05) is 0 Å². The van der Waals surface area contributed by atoms with Gasteiger partial charge in [-0.15, -0.1) is 0 Å². The summed E-state index contributed by atoms with van der Waals surface area (Å²) in [4.78, 5) is 4.77. The molecule has 5 nitrogen and oxygen atoms in total. The molecular weight excluding hydrogens is 238 g/mol. The van der Waals surface area contributed by atoms with Crippen LogP contribution in [0.25, 0.3) is 0 Å². The summed E-state index contributed by atoms with van der Waals surface area (Å²) in [6, 6.07) is 0.812. The molecule has 2 N–H and O–H groups in total. The number of aromatic nitrogens is 2. The van der Waals surface area contributed by atoms with Crippen molar-refractivity contribution in [1.82, 2.24) is 14.7 Å². The number of nitrogens with two attached hydrogens (primary N) is 1. The smallest absolute Gasteiger partial charge is 0.130 e. The lowest BCUT2D eigenvalue weighted by atomic mass is 10.1. The fraction of sp³-hybridized carbons (Fsp3) is 0.786. The maximum atomic E-state index is 5.98. The van der Waals surface area contributed by atoms with Gasteiger partial charge in [-0.2, -0.15) is 5.10 Å². The summed E-state index contributed by atoms with van der Waals surface area (Å²) in [7, 11) is 6.35. The van der Waals surface area contributed by atoms with Crippen LogP contribution in [0.15, 0.2) is 0 Å². The normalized spacial score (nSPS) is 21.4. The Morgan fingerprint density at radius 2 is 2.16 bits per heavy atom. The van der Waals surface area contributed by atoms with Crippen LogP contribution in [-0.4, -0.2) is 53.9 Å². The molecule has 1 aliphatic rings. The van der Waals surface area contributed by atoms with E-state index in [0.29, 0.717) is 6.04 Å². The van der Waals surface area contributed by atoms with Crippen LogP contribution < -0.4 is 10.6 Å².